The van der Waals surface area contributed by atoms with E-state index in [2.05, 4.69) is 27.0 Å². The highest BCUT2D eigenvalue weighted by Crippen LogP contribution is 2.48. The molecule has 2 amide bonds. The van der Waals surface area contributed by atoms with Gasteiger partial charge >= 0.3 is 0 Å². The van der Waals surface area contributed by atoms with E-state index in [0.29, 0.717) is 40.6 Å². The lowest BCUT2D eigenvalue weighted by Crippen LogP contribution is -2.54. The SMILES string of the molecule is Cc1c(NC(=O)c2cccc(C#N)c2)cnc2c1c(C1CC3CCC1CN3C(=O)C1CCCC1)cn2C. The second kappa shape index (κ2) is 9.33. The minimum Gasteiger partial charge on any atom is -0.339 e. The zero-order chi connectivity index (χ0) is 25.7. The maximum Gasteiger partial charge on any atom is 0.255 e. The lowest BCUT2D eigenvalue weighted by molar-refractivity contribution is -0.143. The van der Waals surface area contributed by atoms with Gasteiger partial charge in [-0.15, -0.1) is 0 Å². The van der Waals surface area contributed by atoms with Crippen molar-refractivity contribution in [2.75, 3.05) is 11.9 Å². The van der Waals surface area contributed by atoms with Crippen LogP contribution in [0.4, 0.5) is 5.69 Å². The van der Waals surface area contributed by atoms with E-state index >= 15 is 0 Å². The number of amides is 2. The molecule has 7 heteroatoms. The van der Waals surface area contributed by atoms with Crippen LogP contribution in [0.25, 0.3) is 11.0 Å². The van der Waals surface area contributed by atoms with Crippen molar-refractivity contribution in [1.29, 1.82) is 5.26 Å². The number of aryl methyl sites for hydroxylation is 2. The van der Waals surface area contributed by atoms with E-state index in [1.54, 1.807) is 30.5 Å². The van der Waals surface area contributed by atoms with Gasteiger partial charge in [-0.3, -0.25) is 9.59 Å². The molecule has 7 nitrogen and oxygen atoms in total. The Morgan fingerprint density at radius 3 is 2.70 bits per heavy atom. The first-order chi connectivity index (χ1) is 17.9. The Labute approximate surface area is 217 Å². The molecule has 190 valence electrons. The van der Waals surface area contributed by atoms with Gasteiger partial charge in [0.25, 0.3) is 5.91 Å². The fourth-order valence-electron chi connectivity index (χ4n) is 7.04. The molecule has 2 aliphatic heterocycles. The van der Waals surface area contributed by atoms with E-state index in [-0.39, 0.29) is 11.8 Å². The number of aromatic nitrogens is 2. The summed E-state index contributed by atoms with van der Waals surface area (Å²) >= 11 is 0. The summed E-state index contributed by atoms with van der Waals surface area (Å²) in [7, 11) is 2.03. The van der Waals surface area contributed by atoms with Crippen LogP contribution in [0.15, 0.2) is 36.7 Å². The molecule has 7 rings (SSSR count). The molecule has 4 heterocycles. The predicted molar refractivity (Wildman–Crippen MR) is 142 cm³/mol. The average Bonchev–Trinajstić information content (AvgIpc) is 3.59. The Kier molecular flexibility index (Phi) is 5.98. The summed E-state index contributed by atoms with van der Waals surface area (Å²) in [4.78, 5) is 33.2. The lowest BCUT2D eigenvalue weighted by Gasteiger charge is -2.50. The molecule has 0 spiro atoms. The molecule has 2 aliphatic carbocycles. The second-order valence-electron chi connectivity index (χ2n) is 11.1. The van der Waals surface area contributed by atoms with Gasteiger partial charge in [0.15, 0.2) is 0 Å². The third-order valence-corrected chi connectivity index (χ3v) is 9.00. The molecule has 2 bridgehead atoms. The van der Waals surface area contributed by atoms with Crippen LogP contribution in [0.3, 0.4) is 0 Å². The lowest BCUT2D eigenvalue weighted by atomic mass is 9.69. The van der Waals surface area contributed by atoms with Crippen molar-refractivity contribution < 1.29 is 9.59 Å². The number of nitrogens with zero attached hydrogens (tertiary/aromatic N) is 4. The van der Waals surface area contributed by atoms with Crippen molar-refractivity contribution in [1.82, 2.24) is 14.5 Å². The fourth-order valence-corrected chi connectivity index (χ4v) is 7.04. The van der Waals surface area contributed by atoms with Gasteiger partial charge < -0.3 is 14.8 Å². The Hall–Kier alpha value is -3.66. The first kappa shape index (κ1) is 23.7. The number of pyridine rings is 1. The summed E-state index contributed by atoms with van der Waals surface area (Å²) in [6.07, 6.45) is 11.7. The molecule has 37 heavy (non-hydrogen) atoms. The number of nitrogens with one attached hydrogen (secondary N) is 1. The molecule has 0 radical (unpaired) electrons. The van der Waals surface area contributed by atoms with Gasteiger partial charge in [-0.05, 0) is 80.2 Å². The van der Waals surface area contributed by atoms with E-state index in [1.807, 2.05) is 14.0 Å². The number of piperidine rings is 2. The molecule has 1 N–H and O–H groups in total. The number of hydrogen-bond acceptors (Lipinski definition) is 4. The summed E-state index contributed by atoms with van der Waals surface area (Å²) in [5, 5.41) is 13.3. The van der Waals surface area contributed by atoms with Crippen molar-refractivity contribution in [3.63, 3.8) is 0 Å². The van der Waals surface area contributed by atoms with Gasteiger partial charge in [0.05, 0.1) is 23.5 Å². The highest BCUT2D eigenvalue weighted by Gasteiger charge is 2.45. The fraction of sp³-hybridized carbons (Fsp3) is 0.467. The molecule has 3 aromatic rings. The standard InChI is InChI=1S/C30H33N5O2/c1-18-26(33-29(36)21-9-5-6-19(12-21)14-31)15-32-28-27(18)25(17-34(28)2)24-13-23-11-10-22(24)16-35(23)30(37)20-7-3-4-8-20/h5-6,9,12,15,17,20,22-24H,3-4,7-8,10-11,13,16H2,1-2H3,(H,33,36). The van der Waals surface area contributed by atoms with Crippen LogP contribution in [0.5, 0.6) is 0 Å². The minimum atomic E-state index is -0.253. The summed E-state index contributed by atoms with van der Waals surface area (Å²) < 4.78 is 2.09. The highest BCUT2D eigenvalue weighted by atomic mass is 16.2. The normalized spacial score (nSPS) is 23.4. The van der Waals surface area contributed by atoms with Crippen LogP contribution in [-0.4, -0.2) is 38.9 Å². The molecule has 2 saturated carbocycles. The van der Waals surface area contributed by atoms with E-state index < -0.39 is 0 Å². The number of nitriles is 1. The maximum atomic E-state index is 13.3. The Morgan fingerprint density at radius 2 is 1.97 bits per heavy atom. The zero-order valence-corrected chi connectivity index (χ0v) is 21.5. The van der Waals surface area contributed by atoms with E-state index in [0.717, 1.165) is 55.2 Å². The van der Waals surface area contributed by atoms with Crippen molar-refractivity contribution >= 4 is 28.5 Å². The van der Waals surface area contributed by atoms with Crippen molar-refractivity contribution in [3.05, 3.63) is 58.9 Å². The number of carbonyl (C=O) groups excluding carboxylic acids is 2. The monoisotopic (exact) mass is 495 g/mol. The number of fused-ring (bicyclic) bond motifs is 4. The summed E-state index contributed by atoms with van der Waals surface area (Å²) in [5.41, 5.74) is 4.79. The summed E-state index contributed by atoms with van der Waals surface area (Å²) in [6, 6.07) is 9.12. The number of rotatable bonds is 4. The Morgan fingerprint density at radius 1 is 1.16 bits per heavy atom. The van der Waals surface area contributed by atoms with E-state index in [4.69, 9.17) is 4.98 Å². The number of carbonyl (C=O) groups is 2. The van der Waals surface area contributed by atoms with Crippen LogP contribution in [0.1, 0.15) is 77.9 Å². The summed E-state index contributed by atoms with van der Waals surface area (Å²) in [6.45, 7) is 2.91. The molecule has 3 unspecified atom stereocenters. The number of anilines is 1. The van der Waals surface area contributed by atoms with Crippen molar-refractivity contribution in [3.8, 4) is 6.07 Å². The zero-order valence-electron chi connectivity index (χ0n) is 21.5. The quantitative estimate of drug-likeness (QED) is 0.532. The van der Waals surface area contributed by atoms with Gasteiger partial charge in [-0.25, -0.2) is 4.98 Å². The molecular formula is C30H33N5O2. The first-order valence-electron chi connectivity index (χ1n) is 13.5. The van der Waals surface area contributed by atoms with E-state index in [1.165, 1.54) is 18.4 Å². The maximum absolute atomic E-state index is 13.3. The third kappa shape index (κ3) is 4.09. The molecule has 2 saturated heterocycles. The first-order valence-corrected chi connectivity index (χ1v) is 13.5. The predicted octanol–water partition coefficient (Wildman–Crippen LogP) is 5.29. The Balaban J connectivity index is 1.29. The average molecular weight is 496 g/mol. The van der Waals surface area contributed by atoms with Crippen LogP contribution in [-0.2, 0) is 11.8 Å². The second-order valence-corrected chi connectivity index (χ2v) is 11.1. The van der Waals surface area contributed by atoms with Crippen LogP contribution >= 0.6 is 0 Å². The molecule has 4 fully saturated rings. The molecule has 1 aromatic carbocycles. The number of benzene rings is 1. The minimum absolute atomic E-state index is 0.238. The Bertz CT molecular complexity index is 1430. The molecular weight excluding hydrogens is 462 g/mol. The van der Waals surface area contributed by atoms with Crippen LogP contribution in [0, 0.1) is 30.1 Å². The third-order valence-electron chi connectivity index (χ3n) is 9.00. The largest absolute Gasteiger partial charge is 0.339 e. The van der Waals surface area contributed by atoms with Crippen molar-refractivity contribution in [2.45, 2.75) is 63.8 Å². The van der Waals surface area contributed by atoms with Gasteiger partial charge in [-0.1, -0.05) is 18.9 Å². The summed E-state index contributed by atoms with van der Waals surface area (Å²) in [5.74, 6) is 1.21. The van der Waals surface area contributed by atoms with Gasteiger partial charge in [0.1, 0.15) is 5.65 Å². The highest BCUT2D eigenvalue weighted by molar-refractivity contribution is 6.06. The molecule has 2 aromatic heterocycles. The molecule has 3 atom stereocenters. The van der Waals surface area contributed by atoms with Crippen LogP contribution in [0.2, 0.25) is 0 Å². The van der Waals surface area contributed by atoms with Gasteiger partial charge in [-0.2, -0.15) is 5.26 Å². The topological polar surface area (TPSA) is 91.0 Å². The number of hydrogen-bond donors (Lipinski definition) is 1. The van der Waals surface area contributed by atoms with Gasteiger partial charge in [0.2, 0.25) is 5.91 Å². The van der Waals surface area contributed by atoms with Gasteiger partial charge in [0, 0.05) is 42.7 Å². The smallest absolute Gasteiger partial charge is 0.255 e. The molecule has 4 aliphatic rings. The van der Waals surface area contributed by atoms with Crippen molar-refractivity contribution in [2.24, 2.45) is 18.9 Å². The van der Waals surface area contributed by atoms with Crippen LogP contribution < -0.4 is 5.32 Å². The van der Waals surface area contributed by atoms with E-state index in [9.17, 15) is 14.9 Å².